The van der Waals surface area contributed by atoms with E-state index >= 15 is 0 Å². The van der Waals surface area contributed by atoms with Gasteiger partial charge in [-0.2, -0.15) is 13.2 Å². The van der Waals surface area contributed by atoms with Crippen LogP contribution < -0.4 is 0 Å². The number of rotatable bonds is 13. The smallest absolute Gasteiger partial charge is 0.416 e. The Kier molecular flexibility index (Phi) is 18.2. The van der Waals surface area contributed by atoms with Gasteiger partial charge in [0.05, 0.1) is 25.2 Å². The van der Waals surface area contributed by atoms with Gasteiger partial charge in [-0.15, -0.1) is 0 Å². The van der Waals surface area contributed by atoms with Crippen molar-refractivity contribution in [3.05, 3.63) is 35.4 Å². The second kappa shape index (κ2) is 19.9. The van der Waals surface area contributed by atoms with Crippen LogP contribution in [0.25, 0.3) is 0 Å². The average molecular weight is 818 g/mol. The zero-order valence-electron chi connectivity index (χ0n) is 27.2. The van der Waals surface area contributed by atoms with Crippen LogP contribution in [0.5, 0.6) is 0 Å². The molecule has 1 fully saturated rings. The van der Waals surface area contributed by atoms with Gasteiger partial charge in [0.25, 0.3) is 0 Å². The standard InChI is InChI=1S/C31H47F3N4O8.Gd/c1-5-22-14-36(18-27(41)42)24(7-3)16-38(29(30(45)46)20-9-11-21(12-10-20)31(32,33)34)25(8-4)15-37(19-28(43)44)23(6-2)13-35(22)17-26(39)40;/h9-12,22-25,29H,5-8,13-19H2,1-4H3,(H,39,40)(H,41,42)(H,43,44)(H,45,46);/t22-,23-,24-,25-,29?;/m1./s1. The van der Waals surface area contributed by atoms with Gasteiger partial charge in [0.15, 0.2) is 0 Å². The molecule has 1 aliphatic heterocycles. The number of hydrogen-bond donors (Lipinski definition) is 4. The number of alkyl halides is 3. The van der Waals surface area contributed by atoms with Crippen molar-refractivity contribution in [2.24, 2.45) is 0 Å². The van der Waals surface area contributed by atoms with E-state index in [1.807, 2.05) is 20.8 Å². The number of aliphatic carboxylic acids is 4. The normalized spacial score (nSPS) is 23.6. The van der Waals surface area contributed by atoms with E-state index in [9.17, 15) is 52.8 Å². The molecule has 0 saturated carbocycles. The molecule has 1 aromatic rings. The van der Waals surface area contributed by atoms with E-state index in [0.717, 1.165) is 24.3 Å². The topological polar surface area (TPSA) is 162 Å². The second-order valence-corrected chi connectivity index (χ2v) is 11.8. The van der Waals surface area contributed by atoms with Gasteiger partial charge in [-0.05, 0) is 43.4 Å². The van der Waals surface area contributed by atoms with Crippen LogP contribution in [0.3, 0.4) is 0 Å². The first-order valence-electron chi connectivity index (χ1n) is 15.6. The van der Waals surface area contributed by atoms with Gasteiger partial charge in [0, 0.05) is 90.3 Å². The molecule has 0 bridgehead atoms. The molecule has 5 atom stereocenters. The van der Waals surface area contributed by atoms with Crippen molar-refractivity contribution >= 4 is 23.9 Å². The summed E-state index contributed by atoms with van der Waals surface area (Å²) in [5.41, 5.74) is -0.836. The quantitative estimate of drug-likeness (QED) is 0.230. The Morgan fingerprint density at radius 1 is 0.660 bits per heavy atom. The molecule has 1 unspecified atom stereocenters. The maximum Gasteiger partial charge on any atom is 0.416 e. The molecule has 0 aromatic heterocycles. The molecule has 16 heteroatoms. The fourth-order valence-corrected chi connectivity index (χ4v) is 6.38. The van der Waals surface area contributed by atoms with Gasteiger partial charge < -0.3 is 20.4 Å². The van der Waals surface area contributed by atoms with Gasteiger partial charge >= 0.3 is 30.1 Å². The molecule has 1 aromatic carbocycles. The SMILES string of the molecule is CC[C@@H]1CN(CC(=O)O)[C@H](CC)CN(C(C(=O)O)c2ccc(C(F)(F)F)cc2)[C@H](CC)CN(CC(=O)O)[C@H](CC)CN1CC(=O)O.[Gd]. The van der Waals surface area contributed by atoms with E-state index in [1.165, 1.54) is 0 Å². The van der Waals surface area contributed by atoms with Crippen molar-refractivity contribution in [3.63, 3.8) is 0 Å². The Bertz CT molecular complexity index is 1160. The Labute approximate surface area is 305 Å². The van der Waals surface area contributed by atoms with E-state index < -0.39 is 78.9 Å². The molecule has 0 spiro atoms. The molecule has 1 saturated heterocycles. The first-order chi connectivity index (χ1) is 21.6. The summed E-state index contributed by atoms with van der Waals surface area (Å²) in [7, 11) is 0. The third kappa shape index (κ3) is 12.8. The van der Waals surface area contributed by atoms with Crippen molar-refractivity contribution in [2.75, 3.05) is 45.8 Å². The van der Waals surface area contributed by atoms with E-state index in [1.54, 1.807) is 26.5 Å². The summed E-state index contributed by atoms with van der Waals surface area (Å²) in [6.45, 7) is 6.56. The van der Waals surface area contributed by atoms with E-state index in [4.69, 9.17) is 0 Å². The average Bonchev–Trinajstić information content (AvgIpc) is 2.96. The van der Waals surface area contributed by atoms with E-state index in [2.05, 4.69) is 0 Å². The second-order valence-electron chi connectivity index (χ2n) is 11.8. The van der Waals surface area contributed by atoms with Crippen molar-refractivity contribution in [2.45, 2.75) is 89.8 Å². The minimum Gasteiger partial charge on any atom is -0.480 e. The molecule has 268 valence electrons. The minimum absolute atomic E-state index is 0. The molecule has 0 amide bonds. The van der Waals surface area contributed by atoms with Crippen LogP contribution >= 0.6 is 0 Å². The summed E-state index contributed by atoms with van der Waals surface area (Å²) in [5, 5.41) is 40.0. The van der Waals surface area contributed by atoms with Crippen LogP contribution in [0.15, 0.2) is 24.3 Å². The molecular weight excluding hydrogens is 771 g/mol. The zero-order valence-corrected chi connectivity index (χ0v) is 29.4. The maximum absolute atomic E-state index is 13.4. The van der Waals surface area contributed by atoms with Crippen molar-refractivity contribution in [1.82, 2.24) is 19.6 Å². The monoisotopic (exact) mass is 818 g/mol. The fourth-order valence-electron chi connectivity index (χ4n) is 6.38. The number of halogens is 3. The molecule has 0 radical (unpaired) electrons. The van der Waals surface area contributed by atoms with Gasteiger partial charge in [-0.3, -0.25) is 38.8 Å². The first-order valence-corrected chi connectivity index (χ1v) is 15.6. The van der Waals surface area contributed by atoms with Crippen LogP contribution in [-0.4, -0.2) is 134 Å². The van der Waals surface area contributed by atoms with E-state index in [-0.39, 0.29) is 78.2 Å². The van der Waals surface area contributed by atoms with Gasteiger partial charge in [-0.1, -0.05) is 39.8 Å². The Hall–Kier alpha value is -1.95. The largest absolute Gasteiger partial charge is 0.480 e. The number of benzene rings is 1. The van der Waals surface area contributed by atoms with Crippen molar-refractivity contribution in [1.29, 1.82) is 0 Å². The van der Waals surface area contributed by atoms with Crippen LogP contribution in [-0.2, 0) is 25.4 Å². The molecule has 47 heavy (non-hydrogen) atoms. The summed E-state index contributed by atoms with van der Waals surface area (Å²) in [6.07, 6.45) is -3.01. The summed E-state index contributed by atoms with van der Waals surface area (Å²) < 4.78 is 40.1. The zero-order chi connectivity index (χ0) is 34.8. The molecular formula is C31H47F3GdN4O8. The van der Waals surface area contributed by atoms with Crippen LogP contribution in [0.4, 0.5) is 13.2 Å². The van der Waals surface area contributed by atoms with Crippen molar-refractivity contribution < 1.29 is 92.7 Å². The summed E-state index contributed by atoms with van der Waals surface area (Å²) in [4.78, 5) is 55.8. The third-order valence-electron chi connectivity index (χ3n) is 8.79. The maximum atomic E-state index is 13.4. The molecule has 4 N–H and O–H groups in total. The Morgan fingerprint density at radius 3 is 1.30 bits per heavy atom. The number of carbonyl (C=O) groups is 4. The molecule has 0 aliphatic carbocycles. The summed E-state index contributed by atoms with van der Waals surface area (Å²) >= 11 is 0. The Morgan fingerprint density at radius 2 is 1.00 bits per heavy atom. The molecule has 2 rings (SSSR count). The molecule has 1 heterocycles. The number of hydrogen-bond acceptors (Lipinski definition) is 8. The van der Waals surface area contributed by atoms with Gasteiger partial charge in [0.2, 0.25) is 0 Å². The van der Waals surface area contributed by atoms with Gasteiger partial charge in [-0.25, -0.2) is 0 Å². The van der Waals surface area contributed by atoms with E-state index in [0.29, 0.717) is 25.7 Å². The first kappa shape index (κ1) is 43.1. The summed E-state index contributed by atoms with van der Waals surface area (Å²) in [6, 6.07) is 0.431. The minimum atomic E-state index is -4.63. The number of carboxylic acid groups (broad SMARTS) is 4. The Balaban J connectivity index is 0.0000110. The predicted octanol–water partition coefficient (Wildman–Crippen LogP) is 3.42. The number of nitrogens with zero attached hydrogens (tertiary/aromatic N) is 4. The summed E-state index contributed by atoms with van der Waals surface area (Å²) in [5.74, 6) is -4.65. The fraction of sp³-hybridized carbons (Fsp3) is 0.677. The van der Waals surface area contributed by atoms with Gasteiger partial charge in [0.1, 0.15) is 6.04 Å². The van der Waals surface area contributed by atoms with Crippen LogP contribution in [0, 0.1) is 39.9 Å². The van der Waals surface area contributed by atoms with Crippen LogP contribution in [0.1, 0.15) is 70.5 Å². The predicted molar refractivity (Wildman–Crippen MR) is 162 cm³/mol. The number of carboxylic acids is 4. The molecule has 12 nitrogen and oxygen atoms in total. The van der Waals surface area contributed by atoms with Crippen molar-refractivity contribution in [3.8, 4) is 0 Å². The molecule has 1 aliphatic rings. The van der Waals surface area contributed by atoms with Crippen LogP contribution in [0.2, 0.25) is 0 Å². The third-order valence-corrected chi connectivity index (χ3v) is 8.79.